The van der Waals surface area contributed by atoms with Crippen molar-refractivity contribution in [1.82, 2.24) is 9.97 Å². The van der Waals surface area contributed by atoms with Gasteiger partial charge in [0.2, 0.25) is 0 Å². The van der Waals surface area contributed by atoms with Crippen LogP contribution in [0.2, 0.25) is 5.02 Å². The summed E-state index contributed by atoms with van der Waals surface area (Å²) in [7, 11) is 3.37. The third-order valence-electron chi connectivity index (χ3n) is 2.61. The number of rotatable bonds is 4. The molecule has 0 unspecified atom stereocenters. The lowest BCUT2D eigenvalue weighted by atomic mass is 10.2. The molecule has 0 spiro atoms. The van der Waals surface area contributed by atoms with Gasteiger partial charge in [0.05, 0.1) is 20.9 Å². The number of methoxy groups -OCH3 is 1. The first-order valence-corrected chi connectivity index (χ1v) is 7.21. The SMILES string of the molecule is CNc1nc(-c2ccc(F)cc2Cl)nc(COC)c1I. The molecule has 0 aliphatic carbocycles. The number of halogens is 3. The second kappa shape index (κ2) is 6.64. The van der Waals surface area contributed by atoms with E-state index in [1.165, 1.54) is 12.1 Å². The predicted molar refractivity (Wildman–Crippen MR) is 85.4 cm³/mol. The van der Waals surface area contributed by atoms with Gasteiger partial charge in [-0.05, 0) is 40.8 Å². The van der Waals surface area contributed by atoms with Crippen molar-refractivity contribution in [2.75, 3.05) is 19.5 Å². The fourth-order valence-corrected chi connectivity index (χ4v) is 2.60. The average molecular weight is 408 g/mol. The maximum Gasteiger partial charge on any atom is 0.163 e. The summed E-state index contributed by atoms with van der Waals surface area (Å²) in [6.07, 6.45) is 0. The summed E-state index contributed by atoms with van der Waals surface area (Å²) in [5.74, 6) is 0.727. The maximum atomic E-state index is 13.1. The smallest absolute Gasteiger partial charge is 0.163 e. The Bertz CT molecular complexity index is 639. The normalized spacial score (nSPS) is 10.7. The summed E-state index contributed by atoms with van der Waals surface area (Å²) in [4.78, 5) is 8.84. The fourth-order valence-electron chi connectivity index (χ4n) is 1.68. The molecule has 0 radical (unpaired) electrons. The molecular weight excluding hydrogens is 396 g/mol. The van der Waals surface area contributed by atoms with Crippen LogP contribution in [0, 0.1) is 9.39 Å². The van der Waals surface area contributed by atoms with Crippen molar-refractivity contribution in [3.05, 3.63) is 38.3 Å². The highest BCUT2D eigenvalue weighted by Crippen LogP contribution is 2.29. The van der Waals surface area contributed by atoms with Crippen LogP contribution in [0.15, 0.2) is 18.2 Å². The summed E-state index contributed by atoms with van der Waals surface area (Å²) in [5.41, 5.74) is 1.33. The van der Waals surface area contributed by atoms with Gasteiger partial charge in [-0.2, -0.15) is 0 Å². The summed E-state index contributed by atoms with van der Waals surface area (Å²) in [5, 5.41) is 3.28. The van der Waals surface area contributed by atoms with E-state index in [2.05, 4.69) is 37.9 Å². The predicted octanol–water partition coefficient (Wildman–Crippen LogP) is 3.73. The molecule has 0 bridgehead atoms. The van der Waals surface area contributed by atoms with Crippen LogP contribution in [0.5, 0.6) is 0 Å². The van der Waals surface area contributed by atoms with Gasteiger partial charge in [-0.1, -0.05) is 11.6 Å². The van der Waals surface area contributed by atoms with Gasteiger partial charge in [-0.3, -0.25) is 0 Å². The third-order valence-corrected chi connectivity index (χ3v) is 4.06. The number of nitrogens with one attached hydrogen (secondary N) is 1. The molecule has 0 saturated carbocycles. The van der Waals surface area contributed by atoms with E-state index in [0.717, 1.165) is 9.26 Å². The molecule has 0 aliphatic heterocycles. The highest BCUT2D eigenvalue weighted by molar-refractivity contribution is 14.1. The van der Waals surface area contributed by atoms with E-state index in [9.17, 15) is 4.39 Å². The molecule has 106 valence electrons. The second-order valence-corrected chi connectivity index (χ2v) is 5.45. The number of benzene rings is 1. The molecule has 7 heteroatoms. The minimum absolute atomic E-state index is 0.275. The first kappa shape index (κ1) is 15.4. The molecule has 1 aromatic heterocycles. The minimum Gasteiger partial charge on any atom is -0.378 e. The highest BCUT2D eigenvalue weighted by atomic mass is 127. The Kier molecular flexibility index (Phi) is 5.11. The molecule has 0 atom stereocenters. The Morgan fingerprint density at radius 2 is 2.15 bits per heavy atom. The average Bonchev–Trinajstić information content (AvgIpc) is 2.41. The molecule has 2 aromatic rings. The van der Waals surface area contributed by atoms with Gasteiger partial charge in [-0.15, -0.1) is 0 Å². The van der Waals surface area contributed by atoms with Crippen molar-refractivity contribution < 1.29 is 9.13 Å². The van der Waals surface area contributed by atoms with Crippen molar-refractivity contribution in [2.45, 2.75) is 6.61 Å². The van der Waals surface area contributed by atoms with Gasteiger partial charge >= 0.3 is 0 Å². The van der Waals surface area contributed by atoms with Gasteiger partial charge in [0.25, 0.3) is 0 Å². The number of anilines is 1. The first-order chi connectivity index (χ1) is 9.56. The van der Waals surface area contributed by atoms with Crippen LogP contribution in [0.4, 0.5) is 10.2 Å². The van der Waals surface area contributed by atoms with E-state index in [1.807, 2.05) is 0 Å². The van der Waals surface area contributed by atoms with Crippen LogP contribution in [0.1, 0.15) is 5.69 Å². The Balaban J connectivity index is 2.58. The molecule has 0 amide bonds. The third kappa shape index (κ3) is 3.18. The standard InChI is InChI=1S/C13H12ClFIN3O/c1-17-13-11(16)10(6-20-2)18-12(19-13)8-4-3-7(15)5-9(8)14/h3-5H,6H2,1-2H3,(H,17,18,19). The molecule has 0 aliphatic rings. The molecule has 0 fully saturated rings. The zero-order valence-electron chi connectivity index (χ0n) is 10.9. The first-order valence-electron chi connectivity index (χ1n) is 5.75. The van der Waals surface area contributed by atoms with Crippen LogP contribution >= 0.6 is 34.2 Å². The van der Waals surface area contributed by atoms with Crippen molar-refractivity contribution in [2.24, 2.45) is 0 Å². The monoisotopic (exact) mass is 407 g/mol. The van der Waals surface area contributed by atoms with Crippen molar-refractivity contribution >= 4 is 40.0 Å². The summed E-state index contributed by atoms with van der Waals surface area (Å²) >= 11 is 8.21. The van der Waals surface area contributed by atoms with E-state index in [1.54, 1.807) is 20.2 Å². The zero-order chi connectivity index (χ0) is 14.7. The van der Waals surface area contributed by atoms with Crippen LogP contribution in [0.25, 0.3) is 11.4 Å². The maximum absolute atomic E-state index is 13.1. The van der Waals surface area contributed by atoms with Crippen LogP contribution in [0.3, 0.4) is 0 Å². The van der Waals surface area contributed by atoms with Crippen molar-refractivity contribution in [3.63, 3.8) is 0 Å². The topological polar surface area (TPSA) is 47.0 Å². The second-order valence-electron chi connectivity index (χ2n) is 3.96. The van der Waals surface area contributed by atoms with Crippen LogP contribution in [-0.4, -0.2) is 24.1 Å². The lowest BCUT2D eigenvalue weighted by Gasteiger charge is -2.11. The highest BCUT2D eigenvalue weighted by Gasteiger charge is 2.14. The molecule has 1 N–H and O–H groups in total. The van der Waals surface area contributed by atoms with E-state index >= 15 is 0 Å². The quantitative estimate of drug-likeness (QED) is 0.785. The lowest BCUT2D eigenvalue weighted by Crippen LogP contribution is -2.06. The molecule has 1 aromatic carbocycles. The Morgan fingerprint density at radius 3 is 2.75 bits per heavy atom. The largest absolute Gasteiger partial charge is 0.378 e. The fraction of sp³-hybridized carbons (Fsp3) is 0.231. The molecular formula is C13H12ClFIN3O. The molecule has 4 nitrogen and oxygen atoms in total. The summed E-state index contributed by atoms with van der Waals surface area (Å²) in [6, 6.07) is 4.14. The number of hydrogen-bond acceptors (Lipinski definition) is 4. The molecule has 20 heavy (non-hydrogen) atoms. The molecule has 2 rings (SSSR count). The summed E-state index contributed by atoms with van der Waals surface area (Å²) in [6.45, 7) is 0.362. The van der Waals surface area contributed by atoms with Gasteiger partial charge in [-0.25, -0.2) is 14.4 Å². The minimum atomic E-state index is -0.393. The Hall–Kier alpha value is -0.990. The van der Waals surface area contributed by atoms with E-state index in [-0.39, 0.29) is 5.02 Å². The van der Waals surface area contributed by atoms with Crippen molar-refractivity contribution in [3.8, 4) is 11.4 Å². The Morgan fingerprint density at radius 1 is 1.40 bits per heavy atom. The van der Waals surface area contributed by atoms with Crippen LogP contribution < -0.4 is 5.32 Å². The molecule has 0 saturated heterocycles. The lowest BCUT2D eigenvalue weighted by molar-refractivity contribution is 0.181. The number of aromatic nitrogens is 2. The summed E-state index contributed by atoms with van der Waals surface area (Å²) < 4.78 is 19.1. The Labute approximate surface area is 134 Å². The number of hydrogen-bond donors (Lipinski definition) is 1. The van der Waals surface area contributed by atoms with E-state index in [4.69, 9.17) is 16.3 Å². The van der Waals surface area contributed by atoms with Gasteiger partial charge in [0.15, 0.2) is 5.82 Å². The van der Waals surface area contributed by atoms with Crippen LogP contribution in [-0.2, 0) is 11.3 Å². The van der Waals surface area contributed by atoms with Gasteiger partial charge in [0, 0.05) is 19.7 Å². The van der Waals surface area contributed by atoms with Gasteiger partial charge in [0.1, 0.15) is 11.6 Å². The van der Waals surface area contributed by atoms with E-state index < -0.39 is 5.82 Å². The van der Waals surface area contributed by atoms with Crippen molar-refractivity contribution in [1.29, 1.82) is 0 Å². The van der Waals surface area contributed by atoms with E-state index in [0.29, 0.717) is 23.8 Å². The molecule has 1 heterocycles. The number of ether oxygens (including phenoxy) is 1. The van der Waals surface area contributed by atoms with Gasteiger partial charge < -0.3 is 10.1 Å². The zero-order valence-corrected chi connectivity index (χ0v) is 13.8. The number of nitrogens with zero attached hydrogens (tertiary/aromatic N) is 2.